The molecule has 0 aliphatic carbocycles. The third kappa shape index (κ3) is 2.53. The van der Waals surface area contributed by atoms with Crippen molar-refractivity contribution in [2.45, 2.75) is 20.8 Å². The van der Waals surface area contributed by atoms with E-state index in [1.54, 1.807) is 13.0 Å². The monoisotopic (exact) mass is 156 g/mol. The second-order valence-corrected chi connectivity index (χ2v) is 1.83. The summed E-state index contributed by atoms with van der Waals surface area (Å²) in [5.41, 5.74) is 5.66. The molecular weight excluding hydrogens is 143 g/mol. The molecule has 0 fully saturated rings. The van der Waals surface area contributed by atoms with Crippen LogP contribution in [0.2, 0.25) is 0 Å². The van der Waals surface area contributed by atoms with E-state index in [4.69, 9.17) is 5.73 Å². The first-order valence-electron chi connectivity index (χ1n) is 3.58. The Balaban J connectivity index is 0.000000461. The number of halogens is 1. The van der Waals surface area contributed by atoms with Gasteiger partial charge in [-0.05, 0) is 18.6 Å². The van der Waals surface area contributed by atoms with Crippen molar-refractivity contribution < 1.29 is 4.39 Å². The Labute approximate surface area is 66.3 Å². The molecule has 3 heteroatoms. The molecule has 1 heterocycles. The molecule has 1 aromatic heterocycles. The van der Waals surface area contributed by atoms with Crippen LogP contribution in [-0.2, 0) is 0 Å². The quantitative estimate of drug-likeness (QED) is 0.625. The molecule has 0 bridgehead atoms. The fourth-order valence-corrected chi connectivity index (χ4v) is 0.561. The van der Waals surface area contributed by atoms with Gasteiger partial charge in [0.2, 0.25) is 0 Å². The van der Waals surface area contributed by atoms with Gasteiger partial charge in [0, 0.05) is 6.20 Å². The van der Waals surface area contributed by atoms with Gasteiger partial charge in [0.05, 0.1) is 0 Å². The van der Waals surface area contributed by atoms with Crippen LogP contribution in [0.25, 0.3) is 0 Å². The molecule has 2 nitrogen and oxygen atoms in total. The number of rotatable bonds is 0. The topological polar surface area (TPSA) is 38.9 Å². The summed E-state index contributed by atoms with van der Waals surface area (Å²) in [6.07, 6.45) is 1.48. The van der Waals surface area contributed by atoms with E-state index < -0.39 is 5.82 Å². The number of hydrogen-bond acceptors (Lipinski definition) is 2. The Morgan fingerprint density at radius 1 is 1.45 bits per heavy atom. The average molecular weight is 156 g/mol. The molecule has 1 aromatic rings. The number of pyridine rings is 1. The summed E-state index contributed by atoms with van der Waals surface area (Å²) in [5, 5.41) is 0. The Morgan fingerprint density at radius 3 is 2.36 bits per heavy atom. The number of anilines is 1. The van der Waals surface area contributed by atoms with Crippen molar-refractivity contribution in [2.24, 2.45) is 0 Å². The molecule has 11 heavy (non-hydrogen) atoms. The van der Waals surface area contributed by atoms with Crippen molar-refractivity contribution in [3.8, 4) is 0 Å². The molecule has 62 valence electrons. The lowest BCUT2D eigenvalue weighted by Crippen LogP contribution is -1.95. The van der Waals surface area contributed by atoms with Gasteiger partial charge in [-0.25, -0.2) is 9.37 Å². The van der Waals surface area contributed by atoms with Gasteiger partial charge in [-0.15, -0.1) is 0 Å². The number of nitrogen functional groups attached to an aromatic ring is 1. The first kappa shape index (κ1) is 9.88. The Kier molecular flexibility index (Phi) is 4.18. The van der Waals surface area contributed by atoms with Crippen LogP contribution in [0, 0.1) is 12.7 Å². The summed E-state index contributed by atoms with van der Waals surface area (Å²) in [4.78, 5) is 3.54. The zero-order valence-corrected chi connectivity index (χ0v) is 7.06. The van der Waals surface area contributed by atoms with Crippen LogP contribution in [0.3, 0.4) is 0 Å². The number of aromatic nitrogens is 1. The predicted molar refractivity (Wildman–Crippen MR) is 44.7 cm³/mol. The molecule has 0 atom stereocenters. The Hall–Kier alpha value is -1.12. The first-order valence-corrected chi connectivity index (χ1v) is 3.58. The summed E-state index contributed by atoms with van der Waals surface area (Å²) in [6, 6.07) is 1.58. The second kappa shape index (κ2) is 4.66. The highest BCUT2D eigenvalue weighted by molar-refractivity contribution is 5.33. The van der Waals surface area contributed by atoms with Crippen LogP contribution in [0.4, 0.5) is 10.2 Å². The minimum Gasteiger partial charge on any atom is -0.381 e. The lowest BCUT2D eigenvalue weighted by atomic mass is 10.3. The highest BCUT2D eigenvalue weighted by Crippen LogP contribution is 2.08. The molecule has 2 N–H and O–H groups in total. The lowest BCUT2D eigenvalue weighted by Gasteiger charge is -1.95. The van der Waals surface area contributed by atoms with E-state index in [1.165, 1.54) is 6.20 Å². The van der Waals surface area contributed by atoms with Gasteiger partial charge in [0.25, 0.3) is 0 Å². The predicted octanol–water partition coefficient (Wildman–Crippen LogP) is 2.14. The summed E-state index contributed by atoms with van der Waals surface area (Å²) in [7, 11) is 0. The fraction of sp³-hybridized carbons (Fsp3) is 0.375. The molecule has 1 rings (SSSR count). The normalized spacial score (nSPS) is 8.36. The van der Waals surface area contributed by atoms with E-state index in [0.29, 0.717) is 5.56 Å². The molecule has 0 saturated carbocycles. The van der Waals surface area contributed by atoms with E-state index in [-0.39, 0.29) is 5.82 Å². The van der Waals surface area contributed by atoms with Gasteiger partial charge in [0.15, 0.2) is 11.6 Å². The molecule has 0 aliphatic heterocycles. The van der Waals surface area contributed by atoms with Crippen LogP contribution in [0.5, 0.6) is 0 Å². The fourth-order valence-electron chi connectivity index (χ4n) is 0.561. The highest BCUT2D eigenvalue weighted by atomic mass is 19.1. The van der Waals surface area contributed by atoms with Gasteiger partial charge in [-0.3, -0.25) is 0 Å². The number of nitrogens with zero attached hydrogens (tertiary/aromatic N) is 1. The highest BCUT2D eigenvalue weighted by Gasteiger charge is 1.99. The summed E-state index contributed by atoms with van der Waals surface area (Å²) >= 11 is 0. The number of nitrogens with two attached hydrogens (primary N) is 1. The maximum absolute atomic E-state index is 12.5. The third-order valence-electron chi connectivity index (χ3n) is 1.11. The van der Waals surface area contributed by atoms with Crippen LogP contribution < -0.4 is 5.73 Å². The molecule has 0 amide bonds. The van der Waals surface area contributed by atoms with Gasteiger partial charge < -0.3 is 5.73 Å². The zero-order valence-electron chi connectivity index (χ0n) is 7.06. The molecule has 0 aliphatic rings. The third-order valence-corrected chi connectivity index (χ3v) is 1.11. The number of hydrogen-bond donors (Lipinski definition) is 1. The zero-order chi connectivity index (χ0) is 8.85. The van der Waals surface area contributed by atoms with Gasteiger partial charge in [-0.1, -0.05) is 13.8 Å². The van der Waals surface area contributed by atoms with Gasteiger partial charge in [-0.2, -0.15) is 0 Å². The van der Waals surface area contributed by atoms with E-state index >= 15 is 0 Å². The van der Waals surface area contributed by atoms with Crippen molar-refractivity contribution in [3.63, 3.8) is 0 Å². The maximum atomic E-state index is 12.5. The van der Waals surface area contributed by atoms with Crippen LogP contribution in [0.15, 0.2) is 12.3 Å². The lowest BCUT2D eigenvalue weighted by molar-refractivity contribution is 0.618. The standard InChI is InChI=1S/C6H7FN2.C2H6/c1-4-2-3-9-6(8)5(4)7;1-2/h2-3H,1H3,(H2,8,9);1-2H3. The Morgan fingerprint density at radius 2 is 2.00 bits per heavy atom. The van der Waals surface area contributed by atoms with Crippen LogP contribution in [-0.4, -0.2) is 4.98 Å². The average Bonchev–Trinajstić information content (AvgIpc) is 2.04. The van der Waals surface area contributed by atoms with E-state index in [2.05, 4.69) is 4.98 Å². The van der Waals surface area contributed by atoms with Crippen molar-refractivity contribution in [3.05, 3.63) is 23.6 Å². The molecule has 0 spiro atoms. The molecule has 0 radical (unpaired) electrons. The largest absolute Gasteiger partial charge is 0.381 e. The van der Waals surface area contributed by atoms with Crippen molar-refractivity contribution in [2.75, 3.05) is 5.73 Å². The van der Waals surface area contributed by atoms with Crippen LogP contribution >= 0.6 is 0 Å². The van der Waals surface area contributed by atoms with E-state index in [9.17, 15) is 4.39 Å². The minimum atomic E-state index is -0.419. The Bertz CT molecular complexity index is 203. The first-order chi connectivity index (χ1) is 5.22. The molecule has 0 saturated heterocycles. The minimum absolute atomic E-state index is 0.0324. The van der Waals surface area contributed by atoms with Gasteiger partial charge in [0.1, 0.15) is 0 Å². The second-order valence-electron chi connectivity index (χ2n) is 1.83. The smallest absolute Gasteiger partial charge is 0.168 e. The molecular formula is C8H13FN2. The summed E-state index contributed by atoms with van der Waals surface area (Å²) < 4.78 is 12.5. The SMILES string of the molecule is CC.Cc1ccnc(N)c1F. The molecule has 0 unspecified atom stereocenters. The van der Waals surface area contributed by atoms with Crippen molar-refractivity contribution >= 4 is 5.82 Å². The summed E-state index contributed by atoms with van der Waals surface area (Å²) in [6.45, 7) is 5.65. The van der Waals surface area contributed by atoms with Gasteiger partial charge >= 0.3 is 0 Å². The van der Waals surface area contributed by atoms with Crippen molar-refractivity contribution in [1.82, 2.24) is 4.98 Å². The van der Waals surface area contributed by atoms with Crippen LogP contribution in [0.1, 0.15) is 19.4 Å². The van der Waals surface area contributed by atoms with Crippen molar-refractivity contribution in [1.29, 1.82) is 0 Å². The van der Waals surface area contributed by atoms with E-state index in [0.717, 1.165) is 0 Å². The van der Waals surface area contributed by atoms with E-state index in [1.807, 2.05) is 13.8 Å². The maximum Gasteiger partial charge on any atom is 0.168 e. The number of aryl methyl sites for hydroxylation is 1. The molecule has 0 aromatic carbocycles. The summed E-state index contributed by atoms with van der Waals surface area (Å²) in [5.74, 6) is -0.451.